The van der Waals surface area contributed by atoms with Crippen molar-refractivity contribution >= 4 is 35.6 Å². The SMILES string of the molecule is CCC(C)[C@@H](NC(=O)[C@H](CC(=O)OC(C)(C)C)NC(=O)[C@H](C)NC(=O)[C@H](Cc1ccccc1)NC(=O)[C@H](C)NO)C(=O)OC(C)(C)C. The summed E-state index contributed by atoms with van der Waals surface area (Å²) in [6, 6.07) is 2.95. The average molecular weight is 664 g/mol. The lowest BCUT2D eigenvalue weighted by molar-refractivity contribution is -0.160. The predicted molar refractivity (Wildman–Crippen MR) is 174 cm³/mol. The second-order valence-corrected chi connectivity index (χ2v) is 13.6. The molecule has 1 aromatic rings. The molecule has 264 valence electrons. The monoisotopic (exact) mass is 663 g/mol. The quantitative estimate of drug-likeness (QED) is 0.112. The molecule has 0 fully saturated rings. The number of carbonyl (C=O) groups is 6. The van der Waals surface area contributed by atoms with Crippen molar-refractivity contribution in [2.75, 3.05) is 0 Å². The molecule has 0 bridgehead atoms. The molecule has 0 aliphatic heterocycles. The number of ether oxygens (including phenoxy) is 2. The number of rotatable bonds is 16. The molecule has 0 saturated carbocycles. The van der Waals surface area contributed by atoms with Crippen LogP contribution in [0.4, 0.5) is 0 Å². The van der Waals surface area contributed by atoms with Crippen molar-refractivity contribution in [1.82, 2.24) is 26.7 Å². The van der Waals surface area contributed by atoms with Gasteiger partial charge in [-0.25, -0.2) is 4.79 Å². The lowest BCUT2D eigenvalue weighted by Gasteiger charge is -2.29. The molecule has 6 atom stereocenters. The Morgan fingerprint density at radius 2 is 1.21 bits per heavy atom. The van der Waals surface area contributed by atoms with Crippen LogP contribution in [0.5, 0.6) is 0 Å². The minimum absolute atomic E-state index is 0.0796. The molecule has 0 radical (unpaired) electrons. The number of hydrogen-bond donors (Lipinski definition) is 6. The predicted octanol–water partition coefficient (Wildman–Crippen LogP) is 1.68. The molecule has 6 N–H and O–H groups in total. The van der Waals surface area contributed by atoms with E-state index >= 15 is 0 Å². The molecule has 47 heavy (non-hydrogen) atoms. The average Bonchev–Trinajstić information content (AvgIpc) is 2.96. The normalized spacial score (nSPS) is 15.5. The van der Waals surface area contributed by atoms with Crippen LogP contribution in [0, 0.1) is 5.92 Å². The maximum Gasteiger partial charge on any atom is 0.329 e. The highest BCUT2D eigenvalue weighted by atomic mass is 16.6. The van der Waals surface area contributed by atoms with Gasteiger partial charge in [0.05, 0.1) is 6.42 Å². The third-order valence-electron chi connectivity index (χ3n) is 6.85. The Morgan fingerprint density at radius 3 is 1.72 bits per heavy atom. The lowest BCUT2D eigenvalue weighted by Crippen LogP contribution is -2.59. The van der Waals surface area contributed by atoms with Crippen LogP contribution < -0.4 is 26.7 Å². The summed E-state index contributed by atoms with van der Waals surface area (Å²) >= 11 is 0. The summed E-state index contributed by atoms with van der Waals surface area (Å²) in [5.74, 6) is -4.77. The van der Waals surface area contributed by atoms with E-state index in [1.165, 1.54) is 13.8 Å². The number of benzene rings is 1. The zero-order valence-electron chi connectivity index (χ0n) is 29.2. The van der Waals surface area contributed by atoms with E-state index in [-0.39, 0.29) is 12.3 Å². The molecule has 0 saturated heterocycles. The van der Waals surface area contributed by atoms with Gasteiger partial charge in [-0.15, -0.1) is 0 Å². The summed E-state index contributed by atoms with van der Waals surface area (Å²) < 4.78 is 10.9. The standard InChI is InChI=1S/C33H53N5O9/c1-11-19(2)26(31(44)47-33(8,9)10)37-30(43)24(18-25(39)46-32(5,6)7)36-27(40)20(3)34-29(42)23(35-28(41)21(4)38-45)17-22-15-13-12-14-16-22/h12-16,19-21,23-24,26,38,45H,11,17-18H2,1-10H3,(H,34,42)(H,35,41)(H,36,40)(H,37,43)/t19?,20-,21-,23-,24-,26+/m0/s1. The van der Waals surface area contributed by atoms with E-state index in [4.69, 9.17) is 14.7 Å². The van der Waals surface area contributed by atoms with E-state index in [1.807, 2.05) is 12.4 Å². The zero-order chi connectivity index (χ0) is 36.1. The van der Waals surface area contributed by atoms with Crippen LogP contribution in [0.25, 0.3) is 0 Å². The van der Waals surface area contributed by atoms with Crippen LogP contribution in [0.1, 0.15) is 87.6 Å². The van der Waals surface area contributed by atoms with Gasteiger partial charge in [-0.05, 0) is 66.9 Å². The lowest BCUT2D eigenvalue weighted by atomic mass is 9.98. The Labute approximate surface area is 277 Å². The number of hydrogen-bond acceptors (Lipinski definition) is 10. The summed E-state index contributed by atoms with van der Waals surface area (Å²) in [6.45, 7) is 16.4. The first-order valence-electron chi connectivity index (χ1n) is 15.8. The van der Waals surface area contributed by atoms with E-state index in [0.717, 1.165) is 5.56 Å². The van der Waals surface area contributed by atoms with Gasteiger partial charge in [0.25, 0.3) is 0 Å². The number of carbonyl (C=O) groups excluding carboxylic acids is 6. The first-order valence-corrected chi connectivity index (χ1v) is 15.8. The fraction of sp³-hybridized carbons (Fsp3) is 0.636. The molecule has 1 unspecified atom stereocenters. The zero-order valence-corrected chi connectivity index (χ0v) is 29.2. The molecule has 0 heterocycles. The van der Waals surface area contributed by atoms with Gasteiger partial charge in [0.1, 0.15) is 41.4 Å². The number of nitrogens with one attached hydrogen (secondary N) is 5. The minimum atomic E-state index is -1.47. The van der Waals surface area contributed by atoms with E-state index in [9.17, 15) is 28.8 Å². The first-order chi connectivity index (χ1) is 21.7. The third-order valence-corrected chi connectivity index (χ3v) is 6.85. The van der Waals surface area contributed by atoms with Crippen LogP contribution in [-0.4, -0.2) is 82.2 Å². The number of hydroxylamine groups is 1. The Balaban J connectivity index is 3.22. The van der Waals surface area contributed by atoms with Gasteiger partial charge in [0.15, 0.2) is 0 Å². The molecule has 1 aromatic carbocycles. The Kier molecular flexibility index (Phi) is 16.0. The van der Waals surface area contributed by atoms with Crippen molar-refractivity contribution in [3.8, 4) is 0 Å². The van der Waals surface area contributed by atoms with Crippen molar-refractivity contribution < 1.29 is 43.4 Å². The van der Waals surface area contributed by atoms with Gasteiger partial charge < -0.3 is 35.9 Å². The van der Waals surface area contributed by atoms with E-state index in [2.05, 4.69) is 21.3 Å². The fourth-order valence-corrected chi connectivity index (χ4v) is 4.14. The topological polar surface area (TPSA) is 201 Å². The van der Waals surface area contributed by atoms with Gasteiger partial charge in [-0.1, -0.05) is 50.6 Å². The molecule has 14 nitrogen and oxygen atoms in total. The van der Waals surface area contributed by atoms with Crippen LogP contribution in [-0.2, 0) is 44.7 Å². The summed E-state index contributed by atoms with van der Waals surface area (Å²) in [7, 11) is 0. The molecule has 14 heteroatoms. The highest BCUT2D eigenvalue weighted by Crippen LogP contribution is 2.16. The Morgan fingerprint density at radius 1 is 0.702 bits per heavy atom. The minimum Gasteiger partial charge on any atom is -0.460 e. The fourth-order valence-electron chi connectivity index (χ4n) is 4.14. The van der Waals surface area contributed by atoms with E-state index in [1.54, 1.807) is 78.8 Å². The highest BCUT2D eigenvalue weighted by Gasteiger charge is 2.35. The smallest absolute Gasteiger partial charge is 0.329 e. The van der Waals surface area contributed by atoms with Gasteiger partial charge in [-0.2, -0.15) is 5.48 Å². The molecular formula is C33H53N5O9. The van der Waals surface area contributed by atoms with Crippen LogP contribution in [0.15, 0.2) is 30.3 Å². The van der Waals surface area contributed by atoms with Gasteiger partial charge >= 0.3 is 11.9 Å². The van der Waals surface area contributed by atoms with E-state index < -0.39 is 83.4 Å². The number of esters is 2. The summed E-state index contributed by atoms with van der Waals surface area (Å²) in [5.41, 5.74) is 0.851. The summed E-state index contributed by atoms with van der Waals surface area (Å²) in [4.78, 5) is 78.5. The second-order valence-electron chi connectivity index (χ2n) is 13.6. The number of amides is 4. The maximum atomic E-state index is 13.5. The molecule has 1 rings (SSSR count). The van der Waals surface area contributed by atoms with E-state index in [0.29, 0.717) is 6.42 Å². The molecular weight excluding hydrogens is 610 g/mol. The highest BCUT2D eigenvalue weighted by molar-refractivity contribution is 5.96. The van der Waals surface area contributed by atoms with Crippen molar-refractivity contribution in [3.63, 3.8) is 0 Å². The van der Waals surface area contributed by atoms with Crippen molar-refractivity contribution in [3.05, 3.63) is 35.9 Å². The molecule has 4 amide bonds. The van der Waals surface area contributed by atoms with Crippen molar-refractivity contribution in [2.45, 2.75) is 130 Å². The maximum absolute atomic E-state index is 13.5. The first kappa shape index (κ1) is 41.0. The molecule has 0 aromatic heterocycles. The molecule has 0 aliphatic carbocycles. The van der Waals surface area contributed by atoms with Crippen molar-refractivity contribution in [2.24, 2.45) is 5.92 Å². The Bertz CT molecular complexity index is 1230. The Hall–Kier alpha value is -4.04. The third kappa shape index (κ3) is 15.4. The van der Waals surface area contributed by atoms with Gasteiger partial charge in [0, 0.05) is 6.42 Å². The molecule has 0 aliphatic rings. The summed E-state index contributed by atoms with van der Waals surface area (Å²) in [6.07, 6.45) is 0.0379. The van der Waals surface area contributed by atoms with Crippen LogP contribution in [0.2, 0.25) is 0 Å². The largest absolute Gasteiger partial charge is 0.460 e. The van der Waals surface area contributed by atoms with Gasteiger partial charge in [0.2, 0.25) is 23.6 Å². The van der Waals surface area contributed by atoms with Crippen molar-refractivity contribution in [1.29, 1.82) is 0 Å². The van der Waals surface area contributed by atoms with Crippen LogP contribution >= 0.6 is 0 Å². The van der Waals surface area contributed by atoms with Crippen LogP contribution in [0.3, 0.4) is 0 Å². The second kappa shape index (κ2) is 18.3. The molecule has 0 spiro atoms. The summed E-state index contributed by atoms with van der Waals surface area (Å²) in [5, 5.41) is 19.4. The van der Waals surface area contributed by atoms with Gasteiger partial charge in [-0.3, -0.25) is 24.0 Å².